The average Bonchev–Trinajstić information content (AvgIpc) is 3.23. The van der Waals surface area contributed by atoms with E-state index < -0.39 is 0 Å². The van der Waals surface area contributed by atoms with Crippen molar-refractivity contribution in [3.63, 3.8) is 0 Å². The quantitative estimate of drug-likeness (QED) is 0.395. The number of pyridine rings is 1. The van der Waals surface area contributed by atoms with Crippen molar-refractivity contribution < 1.29 is 4.74 Å². The van der Waals surface area contributed by atoms with E-state index in [1.165, 1.54) is 0 Å². The molecule has 0 unspecified atom stereocenters. The maximum Gasteiger partial charge on any atom is 0.127 e. The van der Waals surface area contributed by atoms with Crippen LogP contribution in [0.15, 0.2) is 91.1 Å². The SMILES string of the molecule is Nc1cccc(-c2cc3[nH]ncc3c(-c3ccc(Oc4ccccc4)cc3)n2)c1. The van der Waals surface area contributed by atoms with Gasteiger partial charge in [-0.3, -0.25) is 5.10 Å². The Hall–Kier alpha value is -4.12. The van der Waals surface area contributed by atoms with Crippen LogP contribution in [0.3, 0.4) is 0 Å². The molecule has 0 saturated heterocycles. The zero-order valence-corrected chi connectivity index (χ0v) is 15.5. The molecule has 0 fully saturated rings. The highest BCUT2D eigenvalue weighted by atomic mass is 16.5. The monoisotopic (exact) mass is 378 g/mol. The molecule has 0 atom stereocenters. The van der Waals surface area contributed by atoms with Crippen LogP contribution < -0.4 is 10.5 Å². The number of aromatic nitrogens is 3. The summed E-state index contributed by atoms with van der Waals surface area (Å²) in [6, 6.07) is 27.3. The van der Waals surface area contributed by atoms with Crippen molar-refractivity contribution >= 4 is 16.6 Å². The molecular weight excluding hydrogens is 360 g/mol. The van der Waals surface area contributed by atoms with E-state index in [-0.39, 0.29) is 0 Å². The molecule has 3 aromatic carbocycles. The molecule has 2 aromatic heterocycles. The van der Waals surface area contributed by atoms with Crippen molar-refractivity contribution in [2.75, 3.05) is 5.73 Å². The first-order valence-corrected chi connectivity index (χ1v) is 9.30. The van der Waals surface area contributed by atoms with E-state index in [0.29, 0.717) is 5.69 Å². The number of para-hydroxylation sites is 1. The molecule has 0 saturated carbocycles. The lowest BCUT2D eigenvalue weighted by atomic mass is 10.0. The number of nitrogens with zero attached hydrogens (tertiary/aromatic N) is 2. The minimum Gasteiger partial charge on any atom is -0.457 e. The second-order valence-corrected chi connectivity index (χ2v) is 6.75. The summed E-state index contributed by atoms with van der Waals surface area (Å²) in [5, 5.41) is 8.22. The number of nitrogen functional groups attached to an aromatic ring is 1. The molecule has 0 spiro atoms. The van der Waals surface area contributed by atoms with Gasteiger partial charge < -0.3 is 10.5 Å². The number of H-pyrrole nitrogens is 1. The highest BCUT2D eigenvalue weighted by molar-refractivity contribution is 5.94. The number of nitrogens with one attached hydrogen (secondary N) is 1. The summed E-state index contributed by atoms with van der Waals surface area (Å²) in [5.74, 6) is 1.58. The molecule has 5 heteroatoms. The van der Waals surface area contributed by atoms with E-state index in [0.717, 1.165) is 44.9 Å². The van der Waals surface area contributed by atoms with E-state index in [9.17, 15) is 0 Å². The maximum atomic E-state index is 5.96. The van der Waals surface area contributed by atoms with E-state index in [1.54, 1.807) is 6.20 Å². The number of rotatable bonds is 4. The van der Waals surface area contributed by atoms with E-state index >= 15 is 0 Å². The zero-order valence-electron chi connectivity index (χ0n) is 15.5. The summed E-state index contributed by atoms with van der Waals surface area (Å²) in [6.45, 7) is 0. The topological polar surface area (TPSA) is 76.8 Å². The molecule has 0 aliphatic rings. The maximum absolute atomic E-state index is 5.96. The molecule has 2 heterocycles. The molecule has 0 aliphatic heterocycles. The van der Waals surface area contributed by atoms with Gasteiger partial charge in [0.2, 0.25) is 0 Å². The first-order chi connectivity index (χ1) is 14.3. The van der Waals surface area contributed by atoms with Crippen molar-refractivity contribution in [2.45, 2.75) is 0 Å². The fourth-order valence-corrected chi connectivity index (χ4v) is 3.32. The van der Waals surface area contributed by atoms with Crippen molar-refractivity contribution in [3.8, 4) is 34.0 Å². The Labute approximate surface area is 167 Å². The van der Waals surface area contributed by atoms with Gasteiger partial charge >= 0.3 is 0 Å². The standard InChI is InChI=1S/C24H18N4O/c25-18-6-4-5-17(13-18)22-14-23-21(15-26-28-23)24(27-22)16-9-11-20(12-10-16)29-19-7-2-1-3-8-19/h1-15H,25H2,(H,26,28). The molecule has 29 heavy (non-hydrogen) atoms. The summed E-state index contributed by atoms with van der Waals surface area (Å²) in [4.78, 5) is 4.91. The van der Waals surface area contributed by atoms with Crippen molar-refractivity contribution in [2.24, 2.45) is 0 Å². The van der Waals surface area contributed by atoms with Gasteiger partial charge in [0.15, 0.2) is 0 Å². The first kappa shape index (κ1) is 17.0. The van der Waals surface area contributed by atoms with Gasteiger partial charge in [-0.15, -0.1) is 0 Å². The van der Waals surface area contributed by atoms with Gasteiger partial charge in [-0.05, 0) is 54.6 Å². The smallest absolute Gasteiger partial charge is 0.127 e. The fourth-order valence-electron chi connectivity index (χ4n) is 3.32. The normalized spacial score (nSPS) is 10.9. The van der Waals surface area contributed by atoms with Crippen LogP contribution in [0.2, 0.25) is 0 Å². The fraction of sp³-hybridized carbons (Fsp3) is 0. The van der Waals surface area contributed by atoms with Gasteiger partial charge in [0, 0.05) is 22.2 Å². The van der Waals surface area contributed by atoms with Gasteiger partial charge in [0.25, 0.3) is 0 Å². The molecule has 140 valence electrons. The second-order valence-electron chi connectivity index (χ2n) is 6.75. The van der Waals surface area contributed by atoms with Gasteiger partial charge in [0.05, 0.1) is 23.1 Å². The number of hydrogen-bond donors (Lipinski definition) is 2. The molecule has 0 amide bonds. The summed E-state index contributed by atoms with van der Waals surface area (Å²) < 4.78 is 5.90. The Morgan fingerprint density at radius 1 is 0.759 bits per heavy atom. The lowest BCUT2D eigenvalue weighted by Crippen LogP contribution is -1.92. The van der Waals surface area contributed by atoms with Crippen LogP contribution in [0, 0.1) is 0 Å². The van der Waals surface area contributed by atoms with Gasteiger partial charge in [-0.25, -0.2) is 4.98 Å². The Morgan fingerprint density at radius 2 is 1.55 bits per heavy atom. The highest BCUT2D eigenvalue weighted by Gasteiger charge is 2.12. The summed E-state index contributed by atoms with van der Waals surface area (Å²) in [7, 11) is 0. The highest BCUT2D eigenvalue weighted by Crippen LogP contribution is 2.32. The number of hydrogen-bond acceptors (Lipinski definition) is 4. The van der Waals surface area contributed by atoms with Crippen LogP contribution in [0.5, 0.6) is 11.5 Å². The Bertz CT molecular complexity index is 1280. The number of ether oxygens (including phenoxy) is 1. The molecular formula is C24H18N4O. The van der Waals surface area contributed by atoms with Crippen LogP contribution in [-0.2, 0) is 0 Å². The van der Waals surface area contributed by atoms with Crippen LogP contribution >= 0.6 is 0 Å². The number of aromatic amines is 1. The lowest BCUT2D eigenvalue weighted by molar-refractivity contribution is 0.483. The zero-order chi connectivity index (χ0) is 19.6. The summed E-state index contributed by atoms with van der Waals surface area (Å²) in [5.41, 5.74) is 11.2. The first-order valence-electron chi connectivity index (χ1n) is 9.30. The second kappa shape index (κ2) is 7.13. The summed E-state index contributed by atoms with van der Waals surface area (Å²) in [6.07, 6.45) is 1.80. The molecule has 0 aliphatic carbocycles. The van der Waals surface area contributed by atoms with Crippen LogP contribution in [-0.4, -0.2) is 15.2 Å². The number of fused-ring (bicyclic) bond motifs is 1. The van der Waals surface area contributed by atoms with E-state index in [2.05, 4.69) is 10.2 Å². The molecule has 0 bridgehead atoms. The third-order valence-electron chi connectivity index (χ3n) is 4.73. The minimum atomic E-state index is 0.706. The van der Waals surface area contributed by atoms with Crippen LogP contribution in [0.4, 0.5) is 5.69 Å². The predicted molar refractivity (Wildman–Crippen MR) is 116 cm³/mol. The van der Waals surface area contributed by atoms with Crippen molar-refractivity contribution in [1.29, 1.82) is 0 Å². The molecule has 5 rings (SSSR count). The van der Waals surface area contributed by atoms with Gasteiger partial charge in [-0.2, -0.15) is 5.10 Å². The molecule has 5 nitrogen and oxygen atoms in total. The summed E-state index contributed by atoms with van der Waals surface area (Å²) >= 11 is 0. The third kappa shape index (κ3) is 3.41. The number of anilines is 1. The van der Waals surface area contributed by atoms with E-state index in [4.69, 9.17) is 15.5 Å². The largest absolute Gasteiger partial charge is 0.457 e. The Morgan fingerprint density at radius 3 is 2.34 bits per heavy atom. The molecule has 5 aromatic rings. The van der Waals surface area contributed by atoms with Crippen molar-refractivity contribution in [3.05, 3.63) is 91.1 Å². The Kier molecular flexibility index (Phi) is 4.18. The number of benzene rings is 3. The van der Waals surface area contributed by atoms with Crippen molar-refractivity contribution in [1.82, 2.24) is 15.2 Å². The van der Waals surface area contributed by atoms with Gasteiger partial charge in [0.1, 0.15) is 11.5 Å². The lowest BCUT2D eigenvalue weighted by Gasteiger charge is -2.09. The number of nitrogens with two attached hydrogens (primary N) is 1. The van der Waals surface area contributed by atoms with E-state index in [1.807, 2.05) is 84.9 Å². The van der Waals surface area contributed by atoms with Crippen LogP contribution in [0.25, 0.3) is 33.4 Å². The molecule has 0 radical (unpaired) electrons. The predicted octanol–water partition coefficient (Wildman–Crippen LogP) is 5.67. The average molecular weight is 378 g/mol. The van der Waals surface area contributed by atoms with Crippen LogP contribution in [0.1, 0.15) is 0 Å². The third-order valence-corrected chi connectivity index (χ3v) is 4.73. The Balaban J connectivity index is 1.55. The van der Waals surface area contributed by atoms with Gasteiger partial charge in [-0.1, -0.05) is 30.3 Å². The minimum absolute atomic E-state index is 0.706. The molecule has 3 N–H and O–H groups in total.